The Morgan fingerprint density at radius 2 is 1.87 bits per heavy atom. The Balaban J connectivity index is 1.85. The van der Waals surface area contributed by atoms with Crippen molar-refractivity contribution in [2.24, 2.45) is 0 Å². The van der Waals surface area contributed by atoms with E-state index in [1.54, 1.807) is 37.4 Å². The van der Waals surface area contributed by atoms with Gasteiger partial charge in [0.25, 0.3) is 5.91 Å². The molecule has 0 aliphatic carbocycles. The number of sulfone groups is 1. The second kappa shape index (κ2) is 8.78. The summed E-state index contributed by atoms with van der Waals surface area (Å²) < 4.78 is 25.0. The number of anilines is 1. The third-order valence-electron chi connectivity index (χ3n) is 4.51. The number of hydrogen-bond donors (Lipinski definition) is 2. The van der Waals surface area contributed by atoms with Gasteiger partial charge in [-0.3, -0.25) is 9.78 Å². The van der Waals surface area contributed by atoms with Gasteiger partial charge in [-0.1, -0.05) is 17.7 Å². The van der Waals surface area contributed by atoms with Crippen LogP contribution in [0.1, 0.15) is 29.8 Å². The Bertz CT molecular complexity index is 1220. The minimum Gasteiger partial charge on any atom is -0.389 e. The fraction of sp³-hybridized carbons (Fsp3) is 0.217. The standard InChI is InChI=1S/C23H23ClN2O4S/c1-15-12-17(31(29,30)14-23(2,3)28)8-9-18(15)22(27)26-16-7-10-20(24)19(13-16)21-6-4-5-11-25-21/h4-13,28H,14H2,1-3H3,(H,26,27). The lowest BCUT2D eigenvalue weighted by Crippen LogP contribution is -2.30. The van der Waals surface area contributed by atoms with Gasteiger partial charge in [0.2, 0.25) is 0 Å². The number of aryl methyl sites for hydroxylation is 1. The highest BCUT2D eigenvalue weighted by Gasteiger charge is 2.26. The summed E-state index contributed by atoms with van der Waals surface area (Å²) in [5, 5.41) is 13.2. The lowest BCUT2D eigenvalue weighted by Gasteiger charge is -2.17. The van der Waals surface area contributed by atoms with Crippen LogP contribution < -0.4 is 5.32 Å². The van der Waals surface area contributed by atoms with Gasteiger partial charge in [-0.25, -0.2) is 8.42 Å². The molecule has 0 aliphatic heterocycles. The van der Waals surface area contributed by atoms with Crippen LogP contribution in [-0.2, 0) is 9.84 Å². The normalized spacial score (nSPS) is 11.9. The fourth-order valence-corrected chi connectivity index (χ4v) is 5.10. The highest BCUT2D eigenvalue weighted by molar-refractivity contribution is 7.91. The van der Waals surface area contributed by atoms with Crippen LogP contribution in [-0.4, -0.2) is 35.8 Å². The largest absolute Gasteiger partial charge is 0.389 e. The van der Waals surface area contributed by atoms with E-state index < -0.39 is 21.2 Å². The average molecular weight is 459 g/mol. The number of nitrogens with zero attached hydrogens (tertiary/aromatic N) is 1. The Kier molecular flexibility index (Phi) is 6.50. The number of aliphatic hydroxyl groups is 1. The van der Waals surface area contributed by atoms with E-state index in [-0.39, 0.29) is 10.8 Å². The molecular formula is C23H23ClN2O4S. The van der Waals surface area contributed by atoms with Crippen LogP contribution in [0.3, 0.4) is 0 Å². The molecule has 31 heavy (non-hydrogen) atoms. The van der Waals surface area contributed by atoms with E-state index in [4.69, 9.17) is 11.6 Å². The summed E-state index contributed by atoms with van der Waals surface area (Å²) in [4.78, 5) is 17.2. The number of carbonyl (C=O) groups is 1. The van der Waals surface area contributed by atoms with Crippen molar-refractivity contribution in [3.05, 3.63) is 76.9 Å². The molecule has 0 unspecified atom stereocenters. The Morgan fingerprint density at radius 3 is 2.48 bits per heavy atom. The fourth-order valence-electron chi connectivity index (χ4n) is 3.15. The molecule has 0 bridgehead atoms. The Labute approximate surface area is 186 Å². The molecule has 1 amide bonds. The van der Waals surface area contributed by atoms with Crippen molar-refractivity contribution in [1.82, 2.24) is 4.98 Å². The number of benzene rings is 2. The molecule has 0 saturated heterocycles. The van der Waals surface area contributed by atoms with E-state index in [0.29, 0.717) is 33.1 Å². The molecule has 0 radical (unpaired) electrons. The molecule has 1 aromatic heterocycles. The number of amides is 1. The van der Waals surface area contributed by atoms with Crippen molar-refractivity contribution in [3.63, 3.8) is 0 Å². The number of halogens is 1. The van der Waals surface area contributed by atoms with Gasteiger partial charge < -0.3 is 10.4 Å². The molecule has 3 rings (SSSR count). The summed E-state index contributed by atoms with van der Waals surface area (Å²) in [7, 11) is -3.69. The van der Waals surface area contributed by atoms with Gasteiger partial charge in [-0.15, -0.1) is 0 Å². The van der Waals surface area contributed by atoms with Crippen molar-refractivity contribution in [1.29, 1.82) is 0 Å². The van der Waals surface area contributed by atoms with Crippen LogP contribution >= 0.6 is 11.6 Å². The molecule has 1 heterocycles. The van der Waals surface area contributed by atoms with Crippen molar-refractivity contribution in [2.45, 2.75) is 31.3 Å². The zero-order valence-electron chi connectivity index (χ0n) is 17.4. The predicted octanol–water partition coefficient (Wildman–Crippen LogP) is 4.51. The summed E-state index contributed by atoms with van der Waals surface area (Å²) in [6.45, 7) is 4.54. The lowest BCUT2D eigenvalue weighted by atomic mass is 10.1. The number of pyridine rings is 1. The van der Waals surface area contributed by atoms with Crippen molar-refractivity contribution in [2.75, 3.05) is 11.1 Å². The topological polar surface area (TPSA) is 96.4 Å². The van der Waals surface area contributed by atoms with Gasteiger partial charge in [-0.2, -0.15) is 0 Å². The van der Waals surface area contributed by atoms with Gasteiger partial charge in [0.15, 0.2) is 9.84 Å². The highest BCUT2D eigenvalue weighted by Crippen LogP contribution is 2.29. The summed E-state index contributed by atoms with van der Waals surface area (Å²) in [6, 6.07) is 14.9. The maximum absolute atomic E-state index is 12.8. The van der Waals surface area contributed by atoms with E-state index in [2.05, 4.69) is 10.3 Å². The molecule has 0 saturated carbocycles. The van der Waals surface area contributed by atoms with E-state index >= 15 is 0 Å². The first-order valence-electron chi connectivity index (χ1n) is 9.54. The Morgan fingerprint density at radius 1 is 1.13 bits per heavy atom. The van der Waals surface area contributed by atoms with Crippen LogP contribution in [0.4, 0.5) is 5.69 Å². The highest BCUT2D eigenvalue weighted by atomic mass is 35.5. The smallest absolute Gasteiger partial charge is 0.255 e. The minimum atomic E-state index is -3.69. The van der Waals surface area contributed by atoms with Gasteiger partial charge >= 0.3 is 0 Å². The zero-order valence-corrected chi connectivity index (χ0v) is 19.0. The van der Waals surface area contributed by atoms with Gasteiger partial charge in [0, 0.05) is 23.0 Å². The molecule has 0 atom stereocenters. The first-order valence-corrected chi connectivity index (χ1v) is 11.6. The quantitative estimate of drug-likeness (QED) is 0.566. The Hall–Kier alpha value is -2.74. The summed E-state index contributed by atoms with van der Waals surface area (Å²) in [5.74, 6) is -0.787. The number of nitrogens with one attached hydrogen (secondary N) is 1. The zero-order chi connectivity index (χ0) is 22.8. The van der Waals surface area contributed by atoms with E-state index in [1.807, 2.05) is 12.1 Å². The van der Waals surface area contributed by atoms with Gasteiger partial charge in [0.05, 0.1) is 27.0 Å². The van der Waals surface area contributed by atoms with Crippen LogP contribution in [0.5, 0.6) is 0 Å². The summed E-state index contributed by atoms with van der Waals surface area (Å²) >= 11 is 6.29. The molecule has 3 aromatic rings. The van der Waals surface area contributed by atoms with Gasteiger partial charge in [0.1, 0.15) is 0 Å². The van der Waals surface area contributed by atoms with E-state index in [1.165, 1.54) is 32.0 Å². The second-order valence-electron chi connectivity index (χ2n) is 7.91. The minimum absolute atomic E-state index is 0.0626. The van der Waals surface area contributed by atoms with Crippen molar-refractivity contribution < 1.29 is 18.3 Å². The molecule has 8 heteroatoms. The molecule has 0 aliphatic rings. The first-order chi connectivity index (χ1) is 14.5. The SMILES string of the molecule is Cc1cc(S(=O)(=O)CC(C)(C)O)ccc1C(=O)Nc1ccc(Cl)c(-c2ccccn2)c1. The van der Waals surface area contributed by atoms with Crippen molar-refractivity contribution in [3.8, 4) is 11.3 Å². The van der Waals surface area contributed by atoms with Crippen LogP contribution in [0.15, 0.2) is 65.7 Å². The van der Waals surface area contributed by atoms with E-state index in [0.717, 1.165) is 0 Å². The number of carbonyl (C=O) groups excluding carboxylic acids is 1. The van der Waals surface area contributed by atoms with Crippen molar-refractivity contribution >= 4 is 33.0 Å². The van der Waals surface area contributed by atoms with Gasteiger partial charge in [-0.05, 0) is 74.9 Å². The number of hydrogen-bond acceptors (Lipinski definition) is 5. The lowest BCUT2D eigenvalue weighted by molar-refractivity contribution is 0.102. The third kappa shape index (κ3) is 5.70. The maximum Gasteiger partial charge on any atom is 0.255 e. The summed E-state index contributed by atoms with van der Waals surface area (Å²) in [6.07, 6.45) is 1.66. The predicted molar refractivity (Wildman–Crippen MR) is 122 cm³/mol. The molecular weight excluding hydrogens is 436 g/mol. The molecule has 2 N–H and O–H groups in total. The van der Waals surface area contributed by atoms with Crippen LogP contribution in [0.25, 0.3) is 11.3 Å². The number of aromatic nitrogens is 1. The second-order valence-corrected chi connectivity index (χ2v) is 10.3. The molecule has 6 nitrogen and oxygen atoms in total. The summed E-state index contributed by atoms with van der Waals surface area (Å²) in [5.41, 5.74) is 1.40. The first kappa shape index (κ1) is 22.9. The maximum atomic E-state index is 12.8. The molecule has 0 spiro atoms. The monoisotopic (exact) mass is 458 g/mol. The average Bonchev–Trinajstić information content (AvgIpc) is 2.68. The van der Waals surface area contributed by atoms with Crippen LogP contribution in [0.2, 0.25) is 5.02 Å². The molecule has 2 aromatic carbocycles. The number of rotatable bonds is 6. The van der Waals surface area contributed by atoms with Crippen LogP contribution in [0, 0.1) is 6.92 Å². The molecule has 162 valence electrons. The van der Waals surface area contributed by atoms with E-state index in [9.17, 15) is 18.3 Å². The molecule has 0 fully saturated rings. The third-order valence-corrected chi connectivity index (χ3v) is 6.90.